The minimum Gasteiger partial charge on any atom is -0.360 e. The van der Waals surface area contributed by atoms with Crippen LogP contribution in [0.1, 0.15) is 0 Å². The van der Waals surface area contributed by atoms with Crippen LogP contribution in [0.2, 0.25) is 0 Å². The number of hydrogen-bond acceptors (Lipinski definition) is 5. The molecule has 1 fully saturated rings. The lowest BCUT2D eigenvalue weighted by Gasteiger charge is -2.31. The first-order valence-corrected chi connectivity index (χ1v) is 8.36. The smallest absolute Gasteiger partial charge is 0.283 e. The predicted octanol–water partition coefficient (Wildman–Crippen LogP) is 0.814. The molecule has 0 aliphatic carbocycles. The maximum Gasteiger partial charge on any atom is 0.283 e. The largest absolute Gasteiger partial charge is 0.360 e. The molecule has 7 nitrogen and oxygen atoms in total. The maximum absolute atomic E-state index is 11.3. The highest BCUT2D eigenvalue weighted by atomic mass is 32.2. The Balaban J connectivity index is 1.90. The zero-order valence-electron chi connectivity index (χ0n) is 13.2. The average molecular weight is 334 g/mol. The molecule has 8 heteroatoms. The minimum atomic E-state index is -0.330. The molecule has 0 bridgehead atoms. The summed E-state index contributed by atoms with van der Waals surface area (Å²) in [5, 5.41) is 12.1. The Morgan fingerprint density at radius 2 is 2.09 bits per heavy atom. The molecule has 0 atom stereocenters. The number of aryl methyl sites for hydroxylation is 1. The van der Waals surface area contributed by atoms with Crippen molar-refractivity contribution in [1.29, 1.82) is 0 Å². The van der Waals surface area contributed by atoms with Gasteiger partial charge in [-0.3, -0.25) is 10.1 Å². The summed E-state index contributed by atoms with van der Waals surface area (Å²) in [6.45, 7) is 4.10. The second-order valence-corrected chi connectivity index (χ2v) is 6.79. The van der Waals surface area contributed by atoms with E-state index in [1.165, 1.54) is 16.7 Å². The van der Waals surface area contributed by atoms with Gasteiger partial charge in [0, 0.05) is 31.2 Å². The first-order chi connectivity index (χ1) is 11.0. The lowest BCUT2D eigenvalue weighted by molar-refractivity contribution is -0.880. The van der Waals surface area contributed by atoms with Gasteiger partial charge in [-0.05, 0) is 23.9 Å². The number of quaternary nitrogens is 1. The third-order valence-electron chi connectivity index (χ3n) is 4.10. The number of benzene rings is 1. The van der Waals surface area contributed by atoms with Crippen molar-refractivity contribution in [3.05, 3.63) is 40.7 Å². The molecule has 1 N–H and O–H groups in total. The second-order valence-electron chi connectivity index (χ2n) is 5.78. The van der Waals surface area contributed by atoms with Gasteiger partial charge in [0.1, 0.15) is 0 Å². The van der Waals surface area contributed by atoms with Crippen molar-refractivity contribution in [1.82, 2.24) is 9.55 Å². The molecule has 2 heterocycles. The van der Waals surface area contributed by atoms with E-state index in [4.69, 9.17) is 0 Å². The van der Waals surface area contributed by atoms with Gasteiger partial charge in [-0.2, -0.15) is 0 Å². The highest BCUT2D eigenvalue weighted by Crippen LogP contribution is 2.36. The Bertz CT molecular complexity index is 710. The quantitative estimate of drug-likeness (QED) is 0.662. The standard InChI is InChI=1S/C15H19N5O2S/c1-17-7-9-19(10-8-17)12-3-4-13(20(21)22)14(11-12)23-15-16-5-6-18(15)2/h3-6,11H,7-10H2,1-2H3/p+1. The normalized spacial score (nSPS) is 15.8. The number of nitro groups is 1. The van der Waals surface area contributed by atoms with E-state index in [0.717, 1.165) is 37.0 Å². The van der Waals surface area contributed by atoms with Crippen LogP contribution >= 0.6 is 11.8 Å². The van der Waals surface area contributed by atoms with Gasteiger partial charge >= 0.3 is 0 Å². The summed E-state index contributed by atoms with van der Waals surface area (Å²) in [5.74, 6) is 0. The van der Waals surface area contributed by atoms with Crippen molar-refractivity contribution in [2.45, 2.75) is 10.1 Å². The molecule has 1 aliphatic heterocycles. The summed E-state index contributed by atoms with van der Waals surface area (Å²) in [6, 6.07) is 5.37. The van der Waals surface area contributed by atoms with Gasteiger partial charge in [0.05, 0.1) is 43.0 Å². The van der Waals surface area contributed by atoms with E-state index in [0.29, 0.717) is 4.90 Å². The van der Waals surface area contributed by atoms with Crippen molar-refractivity contribution >= 4 is 23.1 Å². The van der Waals surface area contributed by atoms with Gasteiger partial charge < -0.3 is 14.4 Å². The number of nitrogens with zero attached hydrogens (tertiary/aromatic N) is 4. The first kappa shape index (κ1) is 15.8. The minimum absolute atomic E-state index is 0.126. The van der Waals surface area contributed by atoms with Gasteiger partial charge in [0.2, 0.25) is 0 Å². The van der Waals surface area contributed by atoms with Crippen LogP contribution in [0.5, 0.6) is 0 Å². The van der Waals surface area contributed by atoms with Crippen LogP contribution in [0.4, 0.5) is 11.4 Å². The molecule has 1 saturated heterocycles. The molecule has 122 valence electrons. The molecule has 1 aliphatic rings. The second kappa shape index (κ2) is 6.59. The van der Waals surface area contributed by atoms with Crippen LogP contribution in [0.15, 0.2) is 40.6 Å². The number of nitro benzene ring substituents is 1. The summed E-state index contributed by atoms with van der Waals surface area (Å²) in [5.41, 5.74) is 1.17. The molecule has 1 aromatic carbocycles. The molecule has 0 saturated carbocycles. The van der Waals surface area contributed by atoms with Gasteiger partial charge in [-0.25, -0.2) is 4.98 Å². The third kappa shape index (κ3) is 3.48. The van der Waals surface area contributed by atoms with Crippen LogP contribution in [-0.4, -0.2) is 47.7 Å². The summed E-state index contributed by atoms with van der Waals surface area (Å²) in [7, 11) is 4.07. The van der Waals surface area contributed by atoms with Crippen molar-refractivity contribution in [2.24, 2.45) is 7.05 Å². The van der Waals surface area contributed by atoms with Gasteiger partial charge in [0.25, 0.3) is 5.69 Å². The van der Waals surface area contributed by atoms with Crippen molar-refractivity contribution < 1.29 is 9.82 Å². The monoisotopic (exact) mass is 334 g/mol. The highest BCUT2D eigenvalue weighted by molar-refractivity contribution is 7.99. The number of likely N-dealkylation sites (N-methyl/N-ethyl adjacent to an activating group) is 1. The summed E-state index contributed by atoms with van der Waals surface area (Å²) in [6.07, 6.45) is 3.53. The number of rotatable bonds is 4. The van der Waals surface area contributed by atoms with E-state index in [9.17, 15) is 10.1 Å². The van der Waals surface area contributed by atoms with E-state index in [1.807, 2.05) is 29.9 Å². The topological polar surface area (TPSA) is 68.6 Å². The Hall–Kier alpha value is -2.06. The molecule has 0 radical (unpaired) electrons. The Morgan fingerprint density at radius 3 is 2.70 bits per heavy atom. The predicted molar refractivity (Wildman–Crippen MR) is 89.3 cm³/mol. The van der Waals surface area contributed by atoms with Crippen molar-refractivity contribution in [2.75, 3.05) is 38.1 Å². The molecule has 3 rings (SSSR count). The summed E-state index contributed by atoms with van der Waals surface area (Å²) < 4.78 is 1.86. The molecular weight excluding hydrogens is 314 g/mol. The van der Waals surface area contributed by atoms with Gasteiger partial charge in [-0.1, -0.05) is 0 Å². The number of nitrogens with one attached hydrogen (secondary N) is 1. The molecule has 0 amide bonds. The summed E-state index contributed by atoms with van der Waals surface area (Å²) in [4.78, 5) is 19.7. The van der Waals surface area contributed by atoms with E-state index >= 15 is 0 Å². The lowest BCUT2D eigenvalue weighted by Crippen LogP contribution is -3.12. The molecule has 0 spiro atoms. The molecule has 2 aromatic rings. The van der Waals surface area contributed by atoms with Crippen LogP contribution in [0.25, 0.3) is 0 Å². The number of piperazine rings is 1. The van der Waals surface area contributed by atoms with Crippen LogP contribution < -0.4 is 9.80 Å². The van der Waals surface area contributed by atoms with Crippen LogP contribution in [0, 0.1) is 10.1 Å². The maximum atomic E-state index is 11.3. The fourth-order valence-electron chi connectivity index (χ4n) is 2.63. The van der Waals surface area contributed by atoms with Crippen molar-refractivity contribution in [3.63, 3.8) is 0 Å². The Morgan fingerprint density at radius 1 is 1.35 bits per heavy atom. The van der Waals surface area contributed by atoms with Crippen LogP contribution in [-0.2, 0) is 7.05 Å². The SMILES string of the molecule is Cn1ccnc1Sc1cc(N2CC[NH+](C)CC2)ccc1[N+](=O)[O-]. The Kier molecular flexibility index (Phi) is 4.53. The lowest BCUT2D eigenvalue weighted by atomic mass is 10.2. The van der Waals surface area contributed by atoms with E-state index in [2.05, 4.69) is 16.9 Å². The average Bonchev–Trinajstić information content (AvgIpc) is 2.93. The molecule has 23 heavy (non-hydrogen) atoms. The number of aromatic nitrogens is 2. The molecular formula is C15H20N5O2S+. The van der Waals surface area contributed by atoms with E-state index in [1.54, 1.807) is 12.3 Å². The number of imidazole rings is 1. The van der Waals surface area contributed by atoms with Crippen molar-refractivity contribution in [3.8, 4) is 0 Å². The van der Waals surface area contributed by atoms with Crippen LogP contribution in [0.3, 0.4) is 0 Å². The number of anilines is 1. The fraction of sp³-hybridized carbons (Fsp3) is 0.400. The number of hydrogen-bond donors (Lipinski definition) is 1. The Labute approximate surface area is 139 Å². The molecule has 1 aromatic heterocycles. The fourth-order valence-corrected chi connectivity index (χ4v) is 3.57. The highest BCUT2D eigenvalue weighted by Gasteiger charge is 2.21. The zero-order chi connectivity index (χ0) is 16.4. The van der Waals surface area contributed by atoms with E-state index in [-0.39, 0.29) is 10.6 Å². The molecule has 0 unspecified atom stereocenters. The first-order valence-electron chi connectivity index (χ1n) is 7.54. The summed E-state index contributed by atoms with van der Waals surface area (Å²) >= 11 is 1.33. The van der Waals surface area contributed by atoms with E-state index < -0.39 is 0 Å². The third-order valence-corrected chi connectivity index (χ3v) is 5.22. The van der Waals surface area contributed by atoms with Gasteiger partial charge in [0.15, 0.2) is 5.16 Å². The zero-order valence-corrected chi connectivity index (χ0v) is 14.0. The van der Waals surface area contributed by atoms with Gasteiger partial charge in [-0.15, -0.1) is 0 Å².